The van der Waals surface area contributed by atoms with Gasteiger partial charge in [-0.3, -0.25) is 0 Å². The minimum absolute atomic E-state index is 0.581. The van der Waals surface area contributed by atoms with Crippen LogP contribution in [-0.2, 0) is 6.42 Å². The van der Waals surface area contributed by atoms with Gasteiger partial charge in [0.15, 0.2) is 0 Å². The van der Waals surface area contributed by atoms with Crippen LogP contribution in [-0.4, -0.2) is 13.7 Å². The molecule has 0 radical (unpaired) electrons. The van der Waals surface area contributed by atoms with Crippen molar-refractivity contribution in [1.29, 1.82) is 0 Å². The maximum Gasteiger partial charge on any atom is 0.122 e. The molecule has 1 rings (SSSR count). The van der Waals surface area contributed by atoms with Crippen LogP contribution < -0.4 is 10.5 Å². The zero-order chi connectivity index (χ0) is 13.9. The summed E-state index contributed by atoms with van der Waals surface area (Å²) in [6.45, 7) is 3.02. The number of nitrogens with two attached hydrogens (primary N) is 1. The molecule has 2 N–H and O–H groups in total. The number of benzene rings is 1. The Kier molecular flexibility index (Phi) is 8.31. The molecule has 0 aliphatic rings. The zero-order valence-corrected chi connectivity index (χ0v) is 12.5. The van der Waals surface area contributed by atoms with Gasteiger partial charge in [-0.2, -0.15) is 0 Å². The lowest BCUT2D eigenvalue weighted by Gasteiger charge is -2.16. The smallest absolute Gasteiger partial charge is 0.122 e. The SMILES string of the molecule is CCCCCCCC(CN)Cc1ccccc1OC. The third-order valence-electron chi connectivity index (χ3n) is 3.75. The monoisotopic (exact) mass is 263 g/mol. The van der Waals surface area contributed by atoms with E-state index in [0.29, 0.717) is 5.92 Å². The molecule has 0 saturated heterocycles. The molecule has 0 spiro atoms. The van der Waals surface area contributed by atoms with Crippen molar-refractivity contribution >= 4 is 0 Å². The van der Waals surface area contributed by atoms with Gasteiger partial charge in [-0.25, -0.2) is 0 Å². The first-order valence-corrected chi connectivity index (χ1v) is 7.63. The van der Waals surface area contributed by atoms with Gasteiger partial charge >= 0.3 is 0 Å². The highest BCUT2D eigenvalue weighted by molar-refractivity contribution is 5.33. The van der Waals surface area contributed by atoms with Gasteiger partial charge in [0.2, 0.25) is 0 Å². The second-order valence-electron chi connectivity index (χ2n) is 5.32. The van der Waals surface area contributed by atoms with Crippen LogP contribution in [0.5, 0.6) is 5.75 Å². The Labute approximate surface area is 118 Å². The lowest BCUT2D eigenvalue weighted by atomic mass is 9.93. The molecular formula is C17H29NO. The van der Waals surface area contributed by atoms with Crippen molar-refractivity contribution in [2.45, 2.75) is 51.9 Å². The second-order valence-corrected chi connectivity index (χ2v) is 5.32. The molecular weight excluding hydrogens is 234 g/mol. The highest BCUT2D eigenvalue weighted by Crippen LogP contribution is 2.23. The number of unbranched alkanes of at least 4 members (excludes halogenated alkanes) is 4. The van der Waals surface area contributed by atoms with Crippen LogP contribution in [0.4, 0.5) is 0 Å². The molecule has 108 valence electrons. The molecule has 2 heteroatoms. The molecule has 19 heavy (non-hydrogen) atoms. The molecule has 1 atom stereocenters. The molecule has 1 unspecified atom stereocenters. The summed E-state index contributed by atoms with van der Waals surface area (Å²) in [6, 6.07) is 8.28. The lowest BCUT2D eigenvalue weighted by Crippen LogP contribution is -2.17. The first-order valence-electron chi connectivity index (χ1n) is 7.63. The summed E-state index contributed by atoms with van der Waals surface area (Å²) in [4.78, 5) is 0. The number of hydrogen-bond acceptors (Lipinski definition) is 2. The maximum atomic E-state index is 5.91. The topological polar surface area (TPSA) is 35.2 Å². The van der Waals surface area contributed by atoms with Crippen molar-refractivity contribution in [2.24, 2.45) is 11.7 Å². The minimum Gasteiger partial charge on any atom is -0.496 e. The van der Waals surface area contributed by atoms with Crippen LogP contribution in [0.3, 0.4) is 0 Å². The summed E-state index contributed by atoms with van der Waals surface area (Å²) in [5.41, 5.74) is 7.20. The molecule has 1 aromatic rings. The predicted molar refractivity (Wildman–Crippen MR) is 82.6 cm³/mol. The van der Waals surface area contributed by atoms with E-state index < -0.39 is 0 Å². The van der Waals surface area contributed by atoms with E-state index in [1.54, 1.807) is 7.11 Å². The van der Waals surface area contributed by atoms with Gasteiger partial charge in [0.05, 0.1) is 7.11 Å². The Hall–Kier alpha value is -1.02. The van der Waals surface area contributed by atoms with Crippen molar-refractivity contribution in [3.63, 3.8) is 0 Å². The van der Waals surface area contributed by atoms with Crippen LogP contribution in [0.1, 0.15) is 51.0 Å². The second kappa shape index (κ2) is 9.85. The summed E-state index contributed by atoms with van der Waals surface area (Å²) in [6.07, 6.45) is 8.95. The number of methoxy groups -OCH3 is 1. The number of para-hydroxylation sites is 1. The van der Waals surface area contributed by atoms with E-state index in [1.165, 1.54) is 44.1 Å². The fourth-order valence-corrected chi connectivity index (χ4v) is 2.52. The summed E-state index contributed by atoms with van der Waals surface area (Å²) >= 11 is 0. The van der Waals surface area contributed by atoms with E-state index in [0.717, 1.165) is 18.7 Å². The largest absolute Gasteiger partial charge is 0.496 e. The third kappa shape index (κ3) is 6.11. The van der Waals surface area contributed by atoms with E-state index >= 15 is 0 Å². The van der Waals surface area contributed by atoms with Crippen molar-refractivity contribution < 1.29 is 4.74 Å². The zero-order valence-electron chi connectivity index (χ0n) is 12.5. The molecule has 0 aromatic heterocycles. The van der Waals surface area contributed by atoms with E-state index in [9.17, 15) is 0 Å². The van der Waals surface area contributed by atoms with Crippen molar-refractivity contribution in [3.05, 3.63) is 29.8 Å². The molecule has 0 fully saturated rings. The Balaban J connectivity index is 2.38. The van der Waals surface area contributed by atoms with Crippen LogP contribution >= 0.6 is 0 Å². The Bertz CT molecular complexity index is 338. The van der Waals surface area contributed by atoms with Gasteiger partial charge in [0.25, 0.3) is 0 Å². The predicted octanol–water partition coefficient (Wildman–Crippen LogP) is 4.17. The van der Waals surface area contributed by atoms with Crippen LogP contribution in [0.15, 0.2) is 24.3 Å². The van der Waals surface area contributed by atoms with Crippen LogP contribution in [0.2, 0.25) is 0 Å². The molecule has 0 heterocycles. The standard InChI is InChI=1S/C17H29NO/c1-3-4-5-6-7-10-15(14-18)13-16-11-8-9-12-17(16)19-2/h8-9,11-12,15H,3-7,10,13-14,18H2,1-2H3. The maximum absolute atomic E-state index is 5.91. The fourth-order valence-electron chi connectivity index (χ4n) is 2.52. The van der Waals surface area contributed by atoms with Crippen molar-refractivity contribution in [3.8, 4) is 5.75 Å². The highest BCUT2D eigenvalue weighted by atomic mass is 16.5. The van der Waals surface area contributed by atoms with Crippen LogP contribution in [0, 0.1) is 5.92 Å². The lowest BCUT2D eigenvalue weighted by molar-refractivity contribution is 0.398. The summed E-state index contributed by atoms with van der Waals surface area (Å²) < 4.78 is 5.41. The van der Waals surface area contributed by atoms with Crippen molar-refractivity contribution in [2.75, 3.05) is 13.7 Å². The third-order valence-corrected chi connectivity index (χ3v) is 3.75. The van der Waals surface area contributed by atoms with E-state index in [-0.39, 0.29) is 0 Å². The first-order chi connectivity index (χ1) is 9.31. The van der Waals surface area contributed by atoms with E-state index in [1.807, 2.05) is 12.1 Å². The van der Waals surface area contributed by atoms with Crippen LogP contribution in [0.25, 0.3) is 0 Å². The molecule has 0 saturated carbocycles. The number of rotatable bonds is 10. The number of hydrogen-bond donors (Lipinski definition) is 1. The van der Waals surface area contributed by atoms with Gasteiger partial charge in [0.1, 0.15) is 5.75 Å². The average molecular weight is 263 g/mol. The normalized spacial score (nSPS) is 12.4. The summed E-state index contributed by atoms with van der Waals surface area (Å²) in [7, 11) is 1.74. The van der Waals surface area contributed by atoms with Gasteiger partial charge in [-0.1, -0.05) is 57.2 Å². The average Bonchev–Trinajstić information content (AvgIpc) is 2.46. The Morgan fingerprint density at radius 3 is 2.53 bits per heavy atom. The molecule has 2 nitrogen and oxygen atoms in total. The van der Waals surface area contributed by atoms with Gasteiger partial charge in [0, 0.05) is 0 Å². The first kappa shape index (κ1) is 16.0. The van der Waals surface area contributed by atoms with Crippen molar-refractivity contribution in [1.82, 2.24) is 0 Å². The van der Waals surface area contributed by atoms with Gasteiger partial charge in [-0.05, 0) is 36.9 Å². The van der Waals surface area contributed by atoms with Gasteiger partial charge < -0.3 is 10.5 Å². The molecule has 0 aliphatic carbocycles. The highest BCUT2D eigenvalue weighted by Gasteiger charge is 2.10. The fraction of sp³-hybridized carbons (Fsp3) is 0.647. The molecule has 0 amide bonds. The molecule has 1 aromatic carbocycles. The summed E-state index contributed by atoms with van der Waals surface area (Å²) in [5.74, 6) is 1.57. The molecule has 0 aliphatic heterocycles. The summed E-state index contributed by atoms with van der Waals surface area (Å²) in [5, 5.41) is 0. The number of ether oxygens (including phenoxy) is 1. The minimum atomic E-state index is 0.581. The quantitative estimate of drug-likeness (QED) is 0.643. The van der Waals surface area contributed by atoms with E-state index in [4.69, 9.17) is 10.5 Å². The molecule has 0 bridgehead atoms. The Morgan fingerprint density at radius 2 is 1.84 bits per heavy atom. The van der Waals surface area contributed by atoms with Gasteiger partial charge in [-0.15, -0.1) is 0 Å². The Morgan fingerprint density at radius 1 is 1.11 bits per heavy atom. The van der Waals surface area contributed by atoms with E-state index in [2.05, 4.69) is 19.1 Å².